The second-order valence-corrected chi connectivity index (χ2v) is 3.91. The molecule has 19 heavy (non-hydrogen) atoms. The molecule has 2 rings (SSSR count). The third kappa shape index (κ3) is 2.67. The molecule has 1 aromatic carbocycles. The number of hydrogen-bond donors (Lipinski definition) is 1. The molecule has 0 unspecified atom stereocenters. The van der Waals surface area contributed by atoms with Gasteiger partial charge in [-0.05, 0) is 24.3 Å². The van der Waals surface area contributed by atoms with Gasteiger partial charge in [-0.2, -0.15) is 0 Å². The molecule has 4 nitrogen and oxygen atoms in total. The molecule has 0 saturated heterocycles. The Balaban J connectivity index is 2.20. The van der Waals surface area contributed by atoms with Gasteiger partial charge in [0, 0.05) is 19.3 Å². The lowest BCUT2D eigenvalue weighted by atomic mass is 10.2. The van der Waals surface area contributed by atoms with Crippen LogP contribution >= 0.6 is 0 Å². The maximum absolute atomic E-state index is 13.3. The fraction of sp³-hybridized carbons (Fsp3) is 0.0769. The number of ketones is 1. The van der Waals surface area contributed by atoms with Crippen molar-refractivity contribution < 1.29 is 18.4 Å². The number of halogens is 2. The first-order valence-corrected chi connectivity index (χ1v) is 5.41. The van der Waals surface area contributed by atoms with Gasteiger partial charge in [-0.15, -0.1) is 0 Å². The molecule has 1 aromatic heterocycles. The second-order valence-electron chi connectivity index (χ2n) is 3.91. The molecule has 0 atom stereocenters. The van der Waals surface area contributed by atoms with Gasteiger partial charge >= 0.3 is 0 Å². The van der Waals surface area contributed by atoms with E-state index < -0.39 is 23.3 Å². The predicted molar refractivity (Wildman–Crippen MR) is 64.7 cm³/mol. The summed E-state index contributed by atoms with van der Waals surface area (Å²) in [4.78, 5) is 23.4. The molecule has 0 fully saturated rings. The van der Waals surface area contributed by atoms with Crippen molar-refractivity contribution in [2.24, 2.45) is 7.05 Å². The first kappa shape index (κ1) is 12.9. The average molecular weight is 264 g/mol. The summed E-state index contributed by atoms with van der Waals surface area (Å²) in [5.41, 5.74) is -0.207. The van der Waals surface area contributed by atoms with Crippen molar-refractivity contribution in [2.75, 3.05) is 5.32 Å². The summed E-state index contributed by atoms with van der Waals surface area (Å²) in [6, 6.07) is 5.67. The van der Waals surface area contributed by atoms with E-state index in [2.05, 4.69) is 0 Å². The lowest BCUT2D eigenvalue weighted by Crippen LogP contribution is -2.25. The van der Waals surface area contributed by atoms with E-state index >= 15 is 0 Å². The number of rotatable bonds is 3. The van der Waals surface area contributed by atoms with Gasteiger partial charge in [-0.25, -0.2) is 8.78 Å². The van der Waals surface area contributed by atoms with E-state index in [0.29, 0.717) is 0 Å². The van der Waals surface area contributed by atoms with Crippen LogP contribution < -0.4 is 5.32 Å². The standard InChI is InChI=1S/C13H10F2N2O2/c1-17-6-2-3-11(17)12(18)13(19)16-10-7-8(14)4-5-9(10)15/h2-7H,1H3,(H,16,19). The van der Waals surface area contributed by atoms with E-state index in [-0.39, 0.29) is 11.4 Å². The number of nitrogens with zero attached hydrogens (tertiary/aromatic N) is 1. The molecule has 0 bridgehead atoms. The van der Waals surface area contributed by atoms with Gasteiger partial charge in [0.2, 0.25) is 0 Å². The highest BCUT2D eigenvalue weighted by Gasteiger charge is 2.20. The summed E-state index contributed by atoms with van der Waals surface area (Å²) in [6.07, 6.45) is 1.60. The fourth-order valence-electron chi connectivity index (χ4n) is 1.59. The minimum Gasteiger partial charge on any atom is -0.348 e. The molecule has 0 spiro atoms. The number of hydrogen-bond acceptors (Lipinski definition) is 2. The molecule has 6 heteroatoms. The Morgan fingerprint density at radius 3 is 2.58 bits per heavy atom. The third-order valence-corrected chi connectivity index (χ3v) is 2.56. The number of carbonyl (C=O) groups is 2. The van der Waals surface area contributed by atoms with Crippen molar-refractivity contribution in [2.45, 2.75) is 0 Å². The quantitative estimate of drug-likeness (QED) is 0.682. The van der Waals surface area contributed by atoms with Gasteiger partial charge in [-0.1, -0.05) is 0 Å². The normalized spacial score (nSPS) is 10.3. The molecule has 1 heterocycles. The highest BCUT2D eigenvalue weighted by Crippen LogP contribution is 2.15. The first-order chi connectivity index (χ1) is 8.99. The van der Waals surface area contributed by atoms with Crippen molar-refractivity contribution in [3.8, 4) is 0 Å². The molecular weight excluding hydrogens is 254 g/mol. The molecule has 1 amide bonds. The smallest absolute Gasteiger partial charge is 0.298 e. The van der Waals surface area contributed by atoms with E-state index in [9.17, 15) is 18.4 Å². The Labute approximate surface area is 107 Å². The van der Waals surface area contributed by atoms with Crippen molar-refractivity contribution in [3.63, 3.8) is 0 Å². The van der Waals surface area contributed by atoms with Gasteiger partial charge in [-0.3, -0.25) is 9.59 Å². The Hall–Kier alpha value is -2.50. The lowest BCUT2D eigenvalue weighted by Gasteiger charge is -2.06. The number of anilines is 1. The van der Waals surface area contributed by atoms with E-state index in [4.69, 9.17) is 0 Å². The third-order valence-electron chi connectivity index (χ3n) is 2.56. The van der Waals surface area contributed by atoms with Crippen molar-refractivity contribution in [1.82, 2.24) is 4.57 Å². The maximum atomic E-state index is 13.3. The zero-order valence-corrected chi connectivity index (χ0v) is 9.98. The van der Waals surface area contributed by atoms with Gasteiger partial charge in [0.05, 0.1) is 11.4 Å². The topological polar surface area (TPSA) is 51.1 Å². The van der Waals surface area contributed by atoms with Crippen molar-refractivity contribution in [3.05, 3.63) is 53.9 Å². The zero-order valence-electron chi connectivity index (χ0n) is 9.98. The first-order valence-electron chi connectivity index (χ1n) is 5.41. The molecule has 1 N–H and O–H groups in total. The fourth-order valence-corrected chi connectivity index (χ4v) is 1.59. The van der Waals surface area contributed by atoms with E-state index in [1.165, 1.54) is 10.6 Å². The number of aryl methyl sites for hydroxylation is 1. The minimum absolute atomic E-state index is 0.161. The number of carbonyl (C=O) groups excluding carboxylic acids is 2. The van der Waals surface area contributed by atoms with Gasteiger partial charge in [0.25, 0.3) is 11.7 Å². The summed E-state index contributed by atoms with van der Waals surface area (Å²) < 4.78 is 27.7. The number of aromatic nitrogens is 1. The summed E-state index contributed by atoms with van der Waals surface area (Å²) in [6.45, 7) is 0. The van der Waals surface area contributed by atoms with Crippen LogP contribution in [0, 0.1) is 11.6 Å². The second kappa shape index (κ2) is 5.01. The Morgan fingerprint density at radius 2 is 1.95 bits per heavy atom. The summed E-state index contributed by atoms with van der Waals surface area (Å²) >= 11 is 0. The van der Waals surface area contributed by atoms with Crippen LogP contribution in [-0.4, -0.2) is 16.3 Å². The largest absolute Gasteiger partial charge is 0.348 e. The highest BCUT2D eigenvalue weighted by molar-refractivity contribution is 6.46. The van der Waals surface area contributed by atoms with Crippen LogP contribution in [0.5, 0.6) is 0 Å². The number of nitrogens with one attached hydrogen (secondary N) is 1. The lowest BCUT2D eigenvalue weighted by molar-refractivity contribution is -0.112. The van der Waals surface area contributed by atoms with Gasteiger partial charge in [0.15, 0.2) is 0 Å². The monoisotopic (exact) mass is 264 g/mol. The molecule has 2 aromatic rings. The predicted octanol–water partition coefficient (Wildman–Crippen LogP) is 2.12. The number of Topliss-reactive ketones (excluding diaryl/α,β-unsaturated/α-hetero) is 1. The average Bonchev–Trinajstić information content (AvgIpc) is 2.79. The van der Waals surface area contributed by atoms with Gasteiger partial charge in [0.1, 0.15) is 11.6 Å². The molecule has 0 aliphatic rings. The van der Waals surface area contributed by atoms with Gasteiger partial charge < -0.3 is 9.88 Å². The van der Waals surface area contributed by atoms with E-state index in [1.54, 1.807) is 19.3 Å². The molecule has 0 aliphatic heterocycles. The molecule has 98 valence electrons. The van der Waals surface area contributed by atoms with Crippen LogP contribution in [0.3, 0.4) is 0 Å². The minimum atomic E-state index is -1.02. The Morgan fingerprint density at radius 1 is 1.21 bits per heavy atom. The van der Waals surface area contributed by atoms with E-state index in [0.717, 1.165) is 18.2 Å². The molecular formula is C13H10F2N2O2. The summed E-state index contributed by atoms with van der Waals surface area (Å²) in [5, 5.41) is 2.05. The SMILES string of the molecule is Cn1cccc1C(=O)C(=O)Nc1cc(F)ccc1F. The van der Waals surface area contributed by atoms with Crippen LogP contribution in [0.25, 0.3) is 0 Å². The van der Waals surface area contributed by atoms with Crippen LogP contribution in [0.4, 0.5) is 14.5 Å². The maximum Gasteiger partial charge on any atom is 0.298 e. The summed E-state index contributed by atoms with van der Waals surface area (Å²) in [7, 11) is 1.60. The number of amides is 1. The van der Waals surface area contributed by atoms with Crippen LogP contribution in [0.15, 0.2) is 36.5 Å². The van der Waals surface area contributed by atoms with Crippen LogP contribution in [0.1, 0.15) is 10.5 Å². The molecule has 0 aliphatic carbocycles. The van der Waals surface area contributed by atoms with E-state index in [1.807, 2.05) is 5.32 Å². The summed E-state index contributed by atoms with van der Waals surface area (Å²) in [5.74, 6) is -3.36. The van der Waals surface area contributed by atoms with Crippen LogP contribution in [-0.2, 0) is 11.8 Å². The Kier molecular flexibility index (Phi) is 3.41. The number of benzene rings is 1. The Bertz CT molecular complexity index is 650. The molecule has 0 radical (unpaired) electrons. The zero-order chi connectivity index (χ0) is 14.0. The van der Waals surface area contributed by atoms with Crippen molar-refractivity contribution in [1.29, 1.82) is 0 Å². The van der Waals surface area contributed by atoms with Crippen LogP contribution in [0.2, 0.25) is 0 Å². The highest BCUT2D eigenvalue weighted by atomic mass is 19.1. The molecule has 0 saturated carbocycles. The van der Waals surface area contributed by atoms with Crippen molar-refractivity contribution >= 4 is 17.4 Å².